The molecule has 0 bridgehead atoms. The molecule has 0 saturated heterocycles. The maximum atomic E-state index is 5.97. The summed E-state index contributed by atoms with van der Waals surface area (Å²) in [7, 11) is 0. The van der Waals surface area contributed by atoms with Crippen LogP contribution < -0.4 is 5.32 Å². The van der Waals surface area contributed by atoms with E-state index in [1.807, 2.05) is 24.3 Å². The molecule has 3 rings (SSSR count). The zero-order chi connectivity index (χ0) is 13.1. The maximum absolute atomic E-state index is 5.97. The lowest BCUT2D eigenvalue weighted by atomic mass is 10.3. The number of nitrogens with zero attached hydrogens (tertiary/aromatic N) is 4. The van der Waals surface area contributed by atoms with Gasteiger partial charge < -0.3 is 5.32 Å². The summed E-state index contributed by atoms with van der Waals surface area (Å²) in [5, 5.41) is 7.95. The van der Waals surface area contributed by atoms with Crippen molar-refractivity contribution in [3.05, 3.63) is 53.6 Å². The number of hydrogen-bond acceptors (Lipinski definition) is 4. The molecular weight excluding hydrogens is 262 g/mol. The Labute approximate surface area is 115 Å². The Bertz CT molecular complexity index is 680. The second kappa shape index (κ2) is 5.24. The van der Waals surface area contributed by atoms with Crippen LogP contribution in [0.15, 0.2) is 42.7 Å². The summed E-state index contributed by atoms with van der Waals surface area (Å²) in [6.45, 7) is 0.756. The van der Waals surface area contributed by atoms with Gasteiger partial charge in [0.25, 0.3) is 0 Å². The molecule has 6 heteroatoms. The second-order valence-corrected chi connectivity index (χ2v) is 4.45. The first kappa shape index (κ1) is 11.9. The highest BCUT2D eigenvalue weighted by atomic mass is 35.5. The van der Waals surface area contributed by atoms with Gasteiger partial charge in [0, 0.05) is 37.0 Å². The summed E-state index contributed by atoms with van der Waals surface area (Å²) in [5.41, 5.74) is 1.78. The van der Waals surface area contributed by atoms with Crippen molar-refractivity contribution in [3.8, 4) is 0 Å². The summed E-state index contributed by atoms with van der Waals surface area (Å²) >= 11 is 5.97. The topological polar surface area (TPSA) is 55.1 Å². The summed E-state index contributed by atoms with van der Waals surface area (Å²) in [5.74, 6) is 0.830. The van der Waals surface area contributed by atoms with Gasteiger partial charge in [0.2, 0.25) is 0 Å². The molecule has 0 aliphatic carbocycles. The zero-order valence-corrected chi connectivity index (χ0v) is 10.9. The maximum Gasteiger partial charge on any atom is 0.159 e. The predicted molar refractivity (Wildman–Crippen MR) is 74.4 cm³/mol. The van der Waals surface area contributed by atoms with Gasteiger partial charge in [-0.05, 0) is 12.1 Å². The van der Waals surface area contributed by atoms with Gasteiger partial charge in [0.1, 0.15) is 11.0 Å². The Morgan fingerprint density at radius 3 is 3.00 bits per heavy atom. The van der Waals surface area contributed by atoms with Crippen LogP contribution in [0.4, 0.5) is 5.82 Å². The number of hydrogen-bond donors (Lipinski definition) is 1. The van der Waals surface area contributed by atoms with E-state index < -0.39 is 0 Å². The van der Waals surface area contributed by atoms with E-state index in [1.165, 1.54) is 0 Å². The largest absolute Gasteiger partial charge is 0.369 e. The quantitative estimate of drug-likeness (QED) is 0.742. The summed E-state index contributed by atoms with van der Waals surface area (Å²) in [6.07, 6.45) is 4.33. The van der Waals surface area contributed by atoms with Gasteiger partial charge in [-0.1, -0.05) is 17.7 Å². The molecule has 0 aromatic carbocycles. The molecule has 0 atom stereocenters. The molecule has 0 spiro atoms. The number of aromatic nitrogens is 4. The number of pyridine rings is 1. The highest BCUT2D eigenvalue weighted by Gasteiger charge is 2.04. The van der Waals surface area contributed by atoms with Gasteiger partial charge in [-0.2, -0.15) is 9.61 Å². The van der Waals surface area contributed by atoms with E-state index in [2.05, 4.69) is 20.4 Å². The van der Waals surface area contributed by atoms with Crippen LogP contribution in [0.1, 0.15) is 5.69 Å². The van der Waals surface area contributed by atoms with Crippen molar-refractivity contribution >= 4 is 23.1 Å². The monoisotopic (exact) mass is 273 g/mol. The molecule has 19 heavy (non-hydrogen) atoms. The molecule has 3 aromatic heterocycles. The zero-order valence-electron chi connectivity index (χ0n) is 10.1. The highest BCUT2D eigenvalue weighted by Crippen LogP contribution is 2.15. The third kappa shape index (κ3) is 2.66. The molecule has 1 N–H and O–H groups in total. The van der Waals surface area contributed by atoms with E-state index in [9.17, 15) is 0 Å². The Balaban J connectivity index is 1.73. The van der Waals surface area contributed by atoms with E-state index in [1.54, 1.807) is 23.0 Å². The molecule has 0 radical (unpaired) electrons. The number of halogens is 1. The summed E-state index contributed by atoms with van der Waals surface area (Å²) in [4.78, 5) is 8.46. The van der Waals surface area contributed by atoms with Crippen molar-refractivity contribution in [1.82, 2.24) is 19.6 Å². The van der Waals surface area contributed by atoms with E-state index in [4.69, 9.17) is 11.6 Å². The predicted octanol–water partition coefficient (Wildman–Crippen LogP) is 2.43. The van der Waals surface area contributed by atoms with E-state index >= 15 is 0 Å². The molecule has 3 heterocycles. The first-order chi connectivity index (χ1) is 9.33. The first-order valence-electron chi connectivity index (χ1n) is 5.97. The van der Waals surface area contributed by atoms with Crippen molar-refractivity contribution in [3.63, 3.8) is 0 Å². The normalized spacial score (nSPS) is 10.8. The summed E-state index contributed by atoms with van der Waals surface area (Å²) < 4.78 is 1.73. The van der Waals surface area contributed by atoms with Crippen molar-refractivity contribution < 1.29 is 0 Å². The van der Waals surface area contributed by atoms with Gasteiger partial charge in [-0.15, -0.1) is 0 Å². The van der Waals surface area contributed by atoms with E-state index in [0.29, 0.717) is 5.15 Å². The van der Waals surface area contributed by atoms with Crippen LogP contribution in [-0.4, -0.2) is 26.1 Å². The molecule has 5 nitrogen and oxygen atoms in total. The smallest absolute Gasteiger partial charge is 0.159 e. The lowest BCUT2D eigenvalue weighted by Crippen LogP contribution is -2.10. The van der Waals surface area contributed by atoms with Crippen molar-refractivity contribution in [2.24, 2.45) is 0 Å². The SMILES string of the molecule is Clc1cc(NCCc2ccccn2)n2nccc2n1. The molecule has 0 amide bonds. The standard InChI is InChI=1S/C13H12ClN5/c14-11-9-13(19-12(18-11)5-8-17-19)16-7-4-10-3-1-2-6-15-10/h1-3,5-6,8-9,16H,4,7H2. The number of fused-ring (bicyclic) bond motifs is 1. The minimum Gasteiger partial charge on any atom is -0.369 e. The second-order valence-electron chi connectivity index (χ2n) is 4.06. The molecule has 3 aromatic rings. The van der Waals surface area contributed by atoms with Crippen molar-refractivity contribution in [2.75, 3.05) is 11.9 Å². The van der Waals surface area contributed by atoms with Crippen molar-refractivity contribution in [1.29, 1.82) is 0 Å². The van der Waals surface area contributed by atoms with Crippen LogP contribution >= 0.6 is 11.6 Å². The highest BCUT2D eigenvalue weighted by molar-refractivity contribution is 6.29. The lowest BCUT2D eigenvalue weighted by molar-refractivity contribution is 0.901. The van der Waals surface area contributed by atoms with Gasteiger partial charge in [-0.3, -0.25) is 4.98 Å². The fraction of sp³-hybridized carbons (Fsp3) is 0.154. The van der Waals surface area contributed by atoms with Gasteiger partial charge in [-0.25, -0.2) is 4.98 Å². The van der Waals surface area contributed by atoms with Crippen LogP contribution in [0.2, 0.25) is 5.15 Å². The molecule has 96 valence electrons. The molecular formula is C13H12ClN5. The van der Waals surface area contributed by atoms with Crippen molar-refractivity contribution in [2.45, 2.75) is 6.42 Å². The molecule has 0 aliphatic heterocycles. The lowest BCUT2D eigenvalue weighted by Gasteiger charge is -2.08. The average molecular weight is 274 g/mol. The minimum absolute atomic E-state index is 0.452. The first-order valence-corrected chi connectivity index (χ1v) is 6.35. The van der Waals surface area contributed by atoms with Crippen LogP contribution in [0, 0.1) is 0 Å². The van der Waals surface area contributed by atoms with Gasteiger partial charge in [0.05, 0.1) is 6.20 Å². The van der Waals surface area contributed by atoms with Crippen LogP contribution in [0.25, 0.3) is 5.65 Å². The number of anilines is 1. The van der Waals surface area contributed by atoms with Crippen LogP contribution in [0.5, 0.6) is 0 Å². The Kier molecular flexibility index (Phi) is 3.29. The van der Waals surface area contributed by atoms with Crippen LogP contribution in [0.3, 0.4) is 0 Å². The minimum atomic E-state index is 0.452. The fourth-order valence-electron chi connectivity index (χ4n) is 1.87. The van der Waals surface area contributed by atoms with Crippen LogP contribution in [-0.2, 0) is 6.42 Å². The van der Waals surface area contributed by atoms with Gasteiger partial charge >= 0.3 is 0 Å². The molecule has 0 unspecified atom stereocenters. The number of rotatable bonds is 4. The van der Waals surface area contributed by atoms with E-state index in [0.717, 1.165) is 30.1 Å². The average Bonchev–Trinajstić information content (AvgIpc) is 2.88. The fourth-order valence-corrected chi connectivity index (χ4v) is 2.06. The Morgan fingerprint density at radius 1 is 1.21 bits per heavy atom. The molecule has 0 fully saturated rings. The van der Waals surface area contributed by atoms with E-state index in [-0.39, 0.29) is 0 Å². The molecule has 0 saturated carbocycles. The third-order valence-corrected chi connectivity index (χ3v) is 2.94. The number of nitrogens with one attached hydrogen (secondary N) is 1. The third-order valence-electron chi connectivity index (χ3n) is 2.74. The van der Waals surface area contributed by atoms with Gasteiger partial charge in [0.15, 0.2) is 5.65 Å². The summed E-state index contributed by atoms with van der Waals surface area (Å²) in [6, 6.07) is 9.48. The molecule has 0 aliphatic rings. The Hall–Kier alpha value is -2.14. The Morgan fingerprint density at radius 2 is 2.16 bits per heavy atom.